The van der Waals surface area contributed by atoms with Crippen molar-refractivity contribution in [3.8, 4) is 0 Å². The van der Waals surface area contributed by atoms with Crippen LogP contribution >= 0.6 is 11.8 Å². The number of carbonyl (C=O) groups is 2. The first-order valence-corrected chi connectivity index (χ1v) is 14.5. The lowest BCUT2D eigenvalue weighted by molar-refractivity contribution is -0.114. The Morgan fingerprint density at radius 1 is 1.11 bits per heavy atom. The largest absolute Gasteiger partial charge is 0.489 e. The van der Waals surface area contributed by atoms with E-state index in [0.29, 0.717) is 41.0 Å². The zero-order valence-electron chi connectivity index (χ0n) is 24.3. The summed E-state index contributed by atoms with van der Waals surface area (Å²) in [5.74, 6) is -5.86. The number of allylic oxidation sites excluding steroid dienone is 6. The van der Waals surface area contributed by atoms with Crippen LogP contribution in [0.3, 0.4) is 0 Å². The number of benzene rings is 2. The molecule has 0 radical (unpaired) electrons. The minimum Gasteiger partial charge on any atom is -0.489 e. The third-order valence-corrected chi connectivity index (χ3v) is 7.22. The molecular formula is C33H31F4N3O3S. The Bertz CT molecular complexity index is 1590. The molecule has 0 fully saturated rings. The Morgan fingerprint density at radius 3 is 2.39 bits per heavy atom. The second kappa shape index (κ2) is 15.7. The summed E-state index contributed by atoms with van der Waals surface area (Å²) in [7, 11) is 0. The van der Waals surface area contributed by atoms with Crippen LogP contribution in [0, 0.1) is 23.3 Å². The summed E-state index contributed by atoms with van der Waals surface area (Å²) in [5, 5.41) is 4.55. The van der Waals surface area contributed by atoms with Gasteiger partial charge in [-0.05, 0) is 55.3 Å². The third kappa shape index (κ3) is 8.25. The SMILES string of the molecule is C=C/C=C(\C=C(/C)COC1=CCC=CC=C1C1SC(c2ccc(F)cc2)=NN1C(=O)c1c(F)cc(F)cc1F)C(N)=O.CC. The number of thioether (sulfide) groups is 1. The highest BCUT2D eigenvalue weighted by atomic mass is 32.2. The van der Waals surface area contributed by atoms with Crippen LogP contribution in [0.1, 0.15) is 43.1 Å². The van der Waals surface area contributed by atoms with Crippen LogP contribution in [0.4, 0.5) is 17.6 Å². The summed E-state index contributed by atoms with van der Waals surface area (Å²) in [6.45, 7) is 9.33. The number of nitrogens with zero attached hydrogens (tertiary/aromatic N) is 2. The molecule has 1 unspecified atom stereocenters. The van der Waals surface area contributed by atoms with Crippen LogP contribution in [0.5, 0.6) is 0 Å². The van der Waals surface area contributed by atoms with Crippen LogP contribution in [-0.2, 0) is 9.53 Å². The normalized spacial score (nSPS) is 16.7. The van der Waals surface area contributed by atoms with Crippen molar-refractivity contribution in [2.45, 2.75) is 32.6 Å². The lowest BCUT2D eigenvalue weighted by atomic mass is 10.1. The number of halogens is 4. The Hall–Kier alpha value is -4.64. The summed E-state index contributed by atoms with van der Waals surface area (Å²) in [5.41, 5.74) is 6.20. The summed E-state index contributed by atoms with van der Waals surface area (Å²) in [4.78, 5) is 25.3. The molecule has 230 valence electrons. The van der Waals surface area contributed by atoms with Gasteiger partial charge in [0.15, 0.2) is 0 Å². The number of ether oxygens (including phenoxy) is 1. The highest BCUT2D eigenvalue weighted by Gasteiger charge is 2.39. The summed E-state index contributed by atoms with van der Waals surface area (Å²) in [6.07, 6.45) is 11.9. The van der Waals surface area contributed by atoms with Gasteiger partial charge in [-0.2, -0.15) is 5.10 Å². The molecule has 0 aromatic heterocycles. The highest BCUT2D eigenvalue weighted by molar-refractivity contribution is 8.15. The highest BCUT2D eigenvalue weighted by Crippen LogP contribution is 2.39. The first-order chi connectivity index (χ1) is 21.1. The second-order valence-corrected chi connectivity index (χ2v) is 10.2. The number of hydrazone groups is 1. The van der Waals surface area contributed by atoms with Crippen LogP contribution < -0.4 is 5.73 Å². The fourth-order valence-electron chi connectivity index (χ4n) is 4.05. The first kappa shape index (κ1) is 33.9. The maximum atomic E-state index is 14.7. The zero-order chi connectivity index (χ0) is 32.4. The van der Waals surface area contributed by atoms with Crippen molar-refractivity contribution in [1.29, 1.82) is 0 Å². The van der Waals surface area contributed by atoms with Gasteiger partial charge in [0.2, 0.25) is 5.91 Å². The van der Waals surface area contributed by atoms with Gasteiger partial charge in [0.25, 0.3) is 5.91 Å². The van der Waals surface area contributed by atoms with E-state index in [9.17, 15) is 27.2 Å². The van der Waals surface area contributed by atoms with Gasteiger partial charge < -0.3 is 10.5 Å². The molecule has 1 heterocycles. The molecular weight excluding hydrogens is 594 g/mol. The number of hydrogen-bond acceptors (Lipinski definition) is 5. The van der Waals surface area contributed by atoms with E-state index in [4.69, 9.17) is 10.5 Å². The van der Waals surface area contributed by atoms with Gasteiger partial charge in [0, 0.05) is 28.8 Å². The first-order valence-electron chi connectivity index (χ1n) is 13.6. The molecule has 1 aliphatic heterocycles. The van der Waals surface area contributed by atoms with E-state index in [1.54, 1.807) is 31.2 Å². The predicted molar refractivity (Wildman–Crippen MR) is 165 cm³/mol. The van der Waals surface area contributed by atoms with E-state index in [-0.39, 0.29) is 17.2 Å². The molecule has 6 nitrogen and oxygen atoms in total. The molecule has 0 bridgehead atoms. The van der Waals surface area contributed by atoms with Crippen molar-refractivity contribution < 1.29 is 31.9 Å². The molecule has 0 spiro atoms. The number of primary amides is 1. The van der Waals surface area contributed by atoms with Gasteiger partial charge in [-0.15, -0.1) is 0 Å². The molecule has 0 saturated carbocycles. The van der Waals surface area contributed by atoms with Gasteiger partial charge in [0.1, 0.15) is 51.6 Å². The Kier molecular flexibility index (Phi) is 12.1. The average Bonchev–Trinajstić information content (AvgIpc) is 3.29. The lowest BCUT2D eigenvalue weighted by Gasteiger charge is -2.25. The number of amides is 2. The molecule has 2 amide bonds. The summed E-state index contributed by atoms with van der Waals surface area (Å²) in [6, 6.07) is 6.18. The number of rotatable bonds is 9. The lowest BCUT2D eigenvalue weighted by Crippen LogP contribution is -2.34. The quantitative estimate of drug-likeness (QED) is 0.178. The van der Waals surface area contributed by atoms with Gasteiger partial charge >= 0.3 is 0 Å². The molecule has 44 heavy (non-hydrogen) atoms. The van der Waals surface area contributed by atoms with E-state index in [1.807, 2.05) is 19.9 Å². The summed E-state index contributed by atoms with van der Waals surface area (Å²) < 4.78 is 62.6. The molecule has 2 N–H and O–H groups in total. The van der Waals surface area contributed by atoms with Crippen LogP contribution in [0.2, 0.25) is 0 Å². The van der Waals surface area contributed by atoms with Crippen molar-refractivity contribution in [3.05, 3.63) is 142 Å². The average molecular weight is 626 g/mol. The summed E-state index contributed by atoms with van der Waals surface area (Å²) >= 11 is 1.09. The second-order valence-electron chi connectivity index (χ2n) is 9.13. The Balaban J connectivity index is 0.00000259. The van der Waals surface area contributed by atoms with Crippen LogP contribution in [0.25, 0.3) is 0 Å². The maximum Gasteiger partial charge on any atom is 0.281 e. The smallest absolute Gasteiger partial charge is 0.281 e. The number of hydrogen-bond donors (Lipinski definition) is 1. The standard InChI is InChI=1S/C31H25F4N3O3S.C2H6/c1-3-7-20(28(36)39)14-18(2)17-41-26-9-6-4-5-8-23(26)31-38(30(40)27-24(34)15-22(33)16-25(27)35)37-29(42-31)19-10-12-21(32)13-11-19;1-2/h3-5,7-16,31H,1,6,17H2,2H3,(H2,36,39);1-2H3/b18-14+,20-7+;. The van der Waals surface area contributed by atoms with Gasteiger partial charge in [-0.1, -0.05) is 62.6 Å². The molecule has 11 heteroatoms. The van der Waals surface area contributed by atoms with E-state index in [0.717, 1.165) is 16.8 Å². The minimum absolute atomic E-state index is 0.0309. The van der Waals surface area contributed by atoms with E-state index in [2.05, 4.69) is 11.7 Å². The Morgan fingerprint density at radius 2 is 1.77 bits per heavy atom. The van der Waals surface area contributed by atoms with E-state index in [1.165, 1.54) is 36.4 Å². The monoisotopic (exact) mass is 625 g/mol. The molecule has 4 rings (SSSR count). The van der Waals surface area contributed by atoms with Crippen molar-refractivity contribution >= 4 is 28.6 Å². The van der Waals surface area contributed by atoms with Crippen molar-refractivity contribution in [3.63, 3.8) is 0 Å². The zero-order valence-corrected chi connectivity index (χ0v) is 25.1. The van der Waals surface area contributed by atoms with E-state index < -0.39 is 46.0 Å². The van der Waals surface area contributed by atoms with Gasteiger partial charge in [0.05, 0.1) is 0 Å². The number of carbonyl (C=O) groups excluding carboxylic acids is 2. The molecule has 0 saturated heterocycles. The fourth-order valence-corrected chi connectivity index (χ4v) is 5.24. The molecule has 1 aliphatic carbocycles. The van der Waals surface area contributed by atoms with Gasteiger partial charge in [-0.3, -0.25) is 9.59 Å². The molecule has 2 aromatic carbocycles. The van der Waals surface area contributed by atoms with Crippen LogP contribution in [-0.4, -0.2) is 33.8 Å². The van der Waals surface area contributed by atoms with Crippen molar-refractivity contribution in [2.24, 2.45) is 10.8 Å². The maximum absolute atomic E-state index is 14.7. The van der Waals surface area contributed by atoms with Crippen LogP contribution in [0.15, 0.2) is 113 Å². The molecule has 2 aromatic rings. The minimum atomic E-state index is -1.38. The Labute approximate surface area is 257 Å². The fraction of sp³-hybridized carbons (Fsp3) is 0.182. The molecule has 2 aliphatic rings. The van der Waals surface area contributed by atoms with E-state index >= 15 is 0 Å². The van der Waals surface area contributed by atoms with Crippen molar-refractivity contribution in [1.82, 2.24) is 5.01 Å². The van der Waals surface area contributed by atoms with Crippen molar-refractivity contribution in [2.75, 3.05) is 6.61 Å². The molecule has 1 atom stereocenters. The topological polar surface area (TPSA) is 85.0 Å². The van der Waals surface area contributed by atoms with Gasteiger partial charge in [-0.25, -0.2) is 22.6 Å². The predicted octanol–water partition coefficient (Wildman–Crippen LogP) is 7.48. The number of nitrogens with two attached hydrogens (primary N) is 1. The third-order valence-electron chi connectivity index (χ3n) is 6.00.